The minimum absolute atomic E-state index is 0.227. The molecule has 0 bridgehead atoms. The lowest BCUT2D eigenvalue weighted by atomic mass is 9.82. The molecule has 2 aromatic carbocycles. The Kier molecular flexibility index (Phi) is 5.88. The Morgan fingerprint density at radius 3 is 1.79 bits per heavy atom. The molecule has 2 rings (SSSR count). The van der Waals surface area contributed by atoms with Crippen molar-refractivity contribution >= 4 is 11.8 Å². The van der Waals surface area contributed by atoms with Crippen LogP contribution in [0.5, 0.6) is 0 Å². The van der Waals surface area contributed by atoms with Crippen LogP contribution < -0.4 is 0 Å². The summed E-state index contributed by atoms with van der Waals surface area (Å²) in [6, 6.07) is 19.2. The second-order valence-corrected chi connectivity index (χ2v) is 5.68. The molecule has 24 heavy (non-hydrogen) atoms. The Balaban J connectivity index is 2.46. The van der Waals surface area contributed by atoms with Gasteiger partial charge in [0.1, 0.15) is 18.3 Å². The number of carbonyl (C=O) groups is 2. The average molecular weight is 326 g/mol. The maximum atomic E-state index is 12.0. The number of esters is 1. The standard InChI is InChI=1S/C20H22O4/c1-15(21)14-19(22)24-16(2)20(23-3,17-10-6-4-7-11-17)18-12-8-5-9-13-18/h4-13,16H,14H2,1-3H3/t16-/m0/s1. The quantitative estimate of drug-likeness (QED) is 0.577. The number of ether oxygens (including phenoxy) is 2. The molecule has 0 aliphatic heterocycles. The van der Waals surface area contributed by atoms with E-state index >= 15 is 0 Å². The van der Waals surface area contributed by atoms with Crippen molar-refractivity contribution in [1.29, 1.82) is 0 Å². The Labute approximate surface area is 142 Å². The molecule has 4 heteroatoms. The molecular formula is C20H22O4. The van der Waals surface area contributed by atoms with E-state index in [0.717, 1.165) is 11.1 Å². The fourth-order valence-electron chi connectivity index (χ4n) is 2.93. The van der Waals surface area contributed by atoms with Gasteiger partial charge in [0.15, 0.2) is 5.60 Å². The number of hydrogen-bond acceptors (Lipinski definition) is 4. The number of Topliss-reactive ketones (excluding diaryl/α,β-unsaturated/α-hetero) is 1. The molecule has 0 fully saturated rings. The first kappa shape index (κ1) is 17.9. The van der Waals surface area contributed by atoms with Crippen LogP contribution in [0, 0.1) is 0 Å². The summed E-state index contributed by atoms with van der Waals surface area (Å²) in [6.45, 7) is 3.14. The predicted octanol–water partition coefficient (Wildman–Crippen LogP) is 3.49. The first-order valence-corrected chi connectivity index (χ1v) is 7.85. The van der Waals surface area contributed by atoms with Gasteiger partial charge in [-0.25, -0.2) is 0 Å². The van der Waals surface area contributed by atoms with Gasteiger partial charge in [0.05, 0.1) is 0 Å². The van der Waals surface area contributed by atoms with Crippen molar-refractivity contribution in [2.75, 3.05) is 7.11 Å². The van der Waals surface area contributed by atoms with Crippen LogP contribution in [0.15, 0.2) is 60.7 Å². The lowest BCUT2D eigenvalue weighted by molar-refractivity contribution is -0.164. The normalized spacial score (nSPS) is 12.5. The number of rotatable bonds is 7. The zero-order chi connectivity index (χ0) is 17.6. The van der Waals surface area contributed by atoms with Gasteiger partial charge in [0.25, 0.3) is 0 Å². The monoisotopic (exact) mass is 326 g/mol. The Morgan fingerprint density at radius 2 is 1.42 bits per heavy atom. The molecule has 126 valence electrons. The zero-order valence-electron chi connectivity index (χ0n) is 14.2. The summed E-state index contributed by atoms with van der Waals surface area (Å²) in [5.74, 6) is -0.780. The first-order valence-electron chi connectivity index (χ1n) is 7.85. The molecule has 0 unspecified atom stereocenters. The number of ketones is 1. The van der Waals surface area contributed by atoms with Gasteiger partial charge < -0.3 is 9.47 Å². The van der Waals surface area contributed by atoms with Gasteiger partial charge in [0, 0.05) is 7.11 Å². The summed E-state index contributed by atoms with van der Waals surface area (Å²) in [6.07, 6.45) is -0.854. The van der Waals surface area contributed by atoms with Crippen LogP contribution in [0.2, 0.25) is 0 Å². The summed E-state index contributed by atoms with van der Waals surface area (Å²) in [7, 11) is 1.59. The van der Waals surface area contributed by atoms with E-state index < -0.39 is 17.7 Å². The van der Waals surface area contributed by atoms with Gasteiger partial charge >= 0.3 is 5.97 Å². The van der Waals surface area contributed by atoms with Gasteiger partial charge in [-0.15, -0.1) is 0 Å². The summed E-state index contributed by atoms with van der Waals surface area (Å²) >= 11 is 0. The molecule has 0 aliphatic carbocycles. The van der Waals surface area contributed by atoms with Crippen LogP contribution in [0.1, 0.15) is 31.4 Å². The Morgan fingerprint density at radius 1 is 0.958 bits per heavy atom. The Bertz CT molecular complexity index is 640. The molecule has 0 aromatic heterocycles. The fourth-order valence-corrected chi connectivity index (χ4v) is 2.93. The van der Waals surface area contributed by atoms with Gasteiger partial charge in [-0.05, 0) is 25.0 Å². The van der Waals surface area contributed by atoms with Gasteiger partial charge in [-0.3, -0.25) is 9.59 Å². The molecule has 0 saturated carbocycles. The lowest BCUT2D eigenvalue weighted by Crippen LogP contribution is -2.43. The smallest absolute Gasteiger partial charge is 0.313 e. The fraction of sp³-hybridized carbons (Fsp3) is 0.300. The Hall–Kier alpha value is -2.46. The third kappa shape index (κ3) is 3.71. The molecule has 0 aliphatic rings. The van der Waals surface area contributed by atoms with E-state index in [2.05, 4.69) is 0 Å². The van der Waals surface area contributed by atoms with E-state index in [-0.39, 0.29) is 12.2 Å². The van der Waals surface area contributed by atoms with E-state index in [1.807, 2.05) is 60.7 Å². The maximum absolute atomic E-state index is 12.0. The first-order chi connectivity index (χ1) is 11.5. The second kappa shape index (κ2) is 7.88. The third-order valence-electron chi connectivity index (χ3n) is 4.00. The van der Waals surface area contributed by atoms with E-state index in [9.17, 15) is 9.59 Å². The predicted molar refractivity (Wildman–Crippen MR) is 91.5 cm³/mol. The van der Waals surface area contributed by atoms with E-state index in [1.165, 1.54) is 6.92 Å². The summed E-state index contributed by atoms with van der Waals surface area (Å²) in [5, 5.41) is 0. The molecule has 0 N–H and O–H groups in total. The van der Waals surface area contributed by atoms with Gasteiger partial charge in [-0.2, -0.15) is 0 Å². The molecule has 0 saturated heterocycles. The molecule has 1 atom stereocenters. The highest BCUT2D eigenvalue weighted by atomic mass is 16.6. The van der Waals surface area contributed by atoms with Crippen LogP contribution >= 0.6 is 0 Å². The van der Waals surface area contributed by atoms with Crippen LogP contribution in [0.25, 0.3) is 0 Å². The minimum atomic E-state index is -0.949. The highest BCUT2D eigenvalue weighted by molar-refractivity contribution is 5.94. The summed E-state index contributed by atoms with van der Waals surface area (Å²) in [5.41, 5.74) is 0.804. The SMILES string of the molecule is COC(c1ccccc1)(c1ccccc1)[C@H](C)OC(=O)CC(C)=O. The van der Waals surface area contributed by atoms with Crippen LogP contribution in [0.3, 0.4) is 0 Å². The van der Waals surface area contributed by atoms with Gasteiger partial charge in [0.2, 0.25) is 0 Å². The number of carbonyl (C=O) groups excluding carboxylic acids is 2. The van der Waals surface area contributed by atoms with Crippen molar-refractivity contribution in [2.24, 2.45) is 0 Å². The largest absolute Gasteiger partial charge is 0.458 e. The second-order valence-electron chi connectivity index (χ2n) is 5.68. The van der Waals surface area contributed by atoms with Crippen molar-refractivity contribution in [3.63, 3.8) is 0 Å². The average Bonchev–Trinajstić information content (AvgIpc) is 2.57. The molecule has 0 amide bonds. The molecule has 0 spiro atoms. The van der Waals surface area contributed by atoms with Gasteiger partial charge in [-0.1, -0.05) is 60.7 Å². The molecule has 2 aromatic rings. The topological polar surface area (TPSA) is 52.6 Å². The number of methoxy groups -OCH3 is 1. The molecule has 0 heterocycles. The highest BCUT2D eigenvalue weighted by Crippen LogP contribution is 2.38. The van der Waals surface area contributed by atoms with Crippen LogP contribution in [-0.2, 0) is 24.7 Å². The van der Waals surface area contributed by atoms with E-state index in [4.69, 9.17) is 9.47 Å². The maximum Gasteiger partial charge on any atom is 0.313 e. The molecule has 0 radical (unpaired) electrons. The summed E-state index contributed by atoms with van der Waals surface area (Å²) in [4.78, 5) is 23.2. The van der Waals surface area contributed by atoms with Crippen molar-refractivity contribution in [3.8, 4) is 0 Å². The molecule has 4 nitrogen and oxygen atoms in total. The third-order valence-corrected chi connectivity index (χ3v) is 4.00. The van der Waals surface area contributed by atoms with Crippen molar-refractivity contribution in [3.05, 3.63) is 71.8 Å². The van der Waals surface area contributed by atoms with Crippen molar-refractivity contribution < 1.29 is 19.1 Å². The lowest BCUT2D eigenvalue weighted by Gasteiger charge is -2.38. The zero-order valence-corrected chi connectivity index (χ0v) is 14.2. The molecular weight excluding hydrogens is 304 g/mol. The van der Waals surface area contributed by atoms with Crippen LogP contribution in [0.4, 0.5) is 0 Å². The van der Waals surface area contributed by atoms with Crippen LogP contribution in [-0.4, -0.2) is 25.0 Å². The van der Waals surface area contributed by atoms with E-state index in [1.54, 1.807) is 14.0 Å². The number of hydrogen-bond donors (Lipinski definition) is 0. The minimum Gasteiger partial charge on any atom is -0.458 e. The van der Waals surface area contributed by atoms with Crippen molar-refractivity contribution in [2.45, 2.75) is 32.0 Å². The summed E-state index contributed by atoms with van der Waals surface area (Å²) < 4.78 is 11.5. The highest BCUT2D eigenvalue weighted by Gasteiger charge is 2.42. The van der Waals surface area contributed by atoms with Crippen molar-refractivity contribution in [1.82, 2.24) is 0 Å². The van der Waals surface area contributed by atoms with E-state index in [0.29, 0.717) is 0 Å². The number of benzene rings is 2.